The van der Waals surface area contributed by atoms with Crippen molar-refractivity contribution in [2.75, 3.05) is 5.32 Å². The van der Waals surface area contributed by atoms with Crippen LogP contribution >= 0.6 is 11.6 Å². The molecule has 0 saturated carbocycles. The van der Waals surface area contributed by atoms with E-state index in [0.717, 1.165) is 0 Å². The topological polar surface area (TPSA) is 55.2 Å². The summed E-state index contributed by atoms with van der Waals surface area (Å²) in [6.45, 7) is 1.79. The highest BCUT2D eigenvalue weighted by molar-refractivity contribution is 6.31. The lowest BCUT2D eigenvalue weighted by Gasteiger charge is -2.16. The van der Waals surface area contributed by atoms with Crippen molar-refractivity contribution in [3.8, 4) is 0 Å². The Morgan fingerprint density at radius 3 is 2.70 bits per heavy atom. The number of hydrogen-bond acceptors (Lipinski definition) is 3. The van der Waals surface area contributed by atoms with E-state index in [0.29, 0.717) is 5.56 Å². The highest BCUT2D eigenvalue weighted by Crippen LogP contribution is 2.27. The first-order valence-electron chi connectivity index (χ1n) is 5.94. The van der Waals surface area contributed by atoms with Gasteiger partial charge in [0.2, 0.25) is 0 Å². The first kappa shape index (κ1) is 14.3. The fraction of sp³-hybridized carbons (Fsp3) is 0.143. The Morgan fingerprint density at radius 2 is 2.00 bits per heavy atom. The zero-order valence-electron chi connectivity index (χ0n) is 10.6. The molecule has 0 aliphatic carbocycles. The molecule has 20 heavy (non-hydrogen) atoms. The lowest BCUT2D eigenvalue weighted by atomic mass is 10.1. The van der Waals surface area contributed by atoms with Crippen LogP contribution < -0.4 is 5.32 Å². The number of hydrogen-bond donors (Lipinski definition) is 1. The molecule has 0 aliphatic rings. The molecule has 0 radical (unpaired) electrons. The zero-order valence-corrected chi connectivity index (χ0v) is 11.4. The highest BCUT2D eigenvalue weighted by atomic mass is 35.5. The largest absolute Gasteiger partial charge is 0.376 e. The Morgan fingerprint density at radius 1 is 1.30 bits per heavy atom. The monoisotopic (exact) mass is 294 g/mol. The normalized spacial score (nSPS) is 11.9. The molecular weight excluding hydrogens is 283 g/mol. The van der Waals surface area contributed by atoms with Crippen LogP contribution in [0.2, 0.25) is 5.02 Å². The van der Waals surface area contributed by atoms with Gasteiger partial charge in [0.05, 0.1) is 15.6 Å². The van der Waals surface area contributed by atoms with Gasteiger partial charge in [-0.3, -0.25) is 10.1 Å². The van der Waals surface area contributed by atoms with Gasteiger partial charge in [-0.05, 0) is 24.6 Å². The van der Waals surface area contributed by atoms with Crippen LogP contribution in [-0.4, -0.2) is 4.92 Å². The average Bonchev–Trinajstić information content (AvgIpc) is 2.44. The molecule has 0 aromatic heterocycles. The zero-order chi connectivity index (χ0) is 14.7. The number of halogens is 2. The minimum absolute atomic E-state index is 0.00251. The number of benzene rings is 2. The number of anilines is 1. The number of non-ortho nitro benzene ring substituents is 1. The van der Waals surface area contributed by atoms with Gasteiger partial charge in [0.25, 0.3) is 5.69 Å². The van der Waals surface area contributed by atoms with Crippen molar-refractivity contribution in [3.05, 3.63) is 69.0 Å². The number of nitrogens with zero attached hydrogens (tertiary/aromatic N) is 1. The number of nitro groups is 1. The van der Waals surface area contributed by atoms with Gasteiger partial charge in [0, 0.05) is 18.2 Å². The van der Waals surface area contributed by atoms with E-state index in [1.807, 2.05) is 0 Å². The Balaban J connectivity index is 2.24. The summed E-state index contributed by atoms with van der Waals surface area (Å²) in [5, 5.41) is 13.7. The van der Waals surface area contributed by atoms with E-state index in [1.54, 1.807) is 31.2 Å². The molecule has 4 nitrogen and oxygen atoms in total. The SMILES string of the molecule is CC(Nc1cccc(Cl)c1F)c1cccc([N+](=O)[O-])c1. The predicted octanol–water partition coefficient (Wildman–Crippen LogP) is 4.56. The first-order valence-corrected chi connectivity index (χ1v) is 6.31. The van der Waals surface area contributed by atoms with Crippen molar-refractivity contribution in [1.82, 2.24) is 0 Å². The molecule has 2 aromatic carbocycles. The van der Waals surface area contributed by atoms with Crippen LogP contribution in [0, 0.1) is 15.9 Å². The lowest BCUT2D eigenvalue weighted by Crippen LogP contribution is -2.08. The van der Waals surface area contributed by atoms with E-state index in [4.69, 9.17) is 11.6 Å². The first-order chi connectivity index (χ1) is 9.49. The van der Waals surface area contributed by atoms with Crippen molar-refractivity contribution in [2.24, 2.45) is 0 Å². The van der Waals surface area contributed by atoms with E-state index < -0.39 is 10.7 Å². The van der Waals surface area contributed by atoms with E-state index in [-0.39, 0.29) is 22.4 Å². The summed E-state index contributed by atoms with van der Waals surface area (Å²) < 4.78 is 13.8. The van der Waals surface area contributed by atoms with Gasteiger partial charge in [-0.2, -0.15) is 0 Å². The Bertz CT molecular complexity index is 649. The highest BCUT2D eigenvalue weighted by Gasteiger charge is 2.13. The quantitative estimate of drug-likeness (QED) is 0.664. The second kappa shape index (κ2) is 5.88. The maximum absolute atomic E-state index is 13.8. The predicted molar refractivity (Wildman–Crippen MR) is 76.5 cm³/mol. The summed E-state index contributed by atoms with van der Waals surface area (Å²) >= 11 is 5.71. The van der Waals surface area contributed by atoms with Crippen LogP contribution in [0.4, 0.5) is 15.8 Å². The third-order valence-electron chi connectivity index (χ3n) is 2.90. The summed E-state index contributed by atoms with van der Waals surface area (Å²) in [6.07, 6.45) is 0. The molecule has 0 spiro atoms. The molecule has 0 amide bonds. The van der Waals surface area contributed by atoms with Gasteiger partial charge in [0.1, 0.15) is 0 Å². The second-order valence-electron chi connectivity index (χ2n) is 4.32. The van der Waals surface area contributed by atoms with Crippen molar-refractivity contribution >= 4 is 23.0 Å². The van der Waals surface area contributed by atoms with Crippen molar-refractivity contribution in [2.45, 2.75) is 13.0 Å². The number of rotatable bonds is 4. The third-order valence-corrected chi connectivity index (χ3v) is 3.20. The van der Waals surface area contributed by atoms with E-state index in [9.17, 15) is 14.5 Å². The fourth-order valence-corrected chi connectivity index (χ4v) is 2.01. The van der Waals surface area contributed by atoms with Crippen LogP contribution in [0.5, 0.6) is 0 Å². The van der Waals surface area contributed by atoms with Gasteiger partial charge in [-0.25, -0.2) is 4.39 Å². The van der Waals surface area contributed by atoms with Crippen LogP contribution in [0.3, 0.4) is 0 Å². The van der Waals surface area contributed by atoms with Crippen molar-refractivity contribution in [3.63, 3.8) is 0 Å². The summed E-state index contributed by atoms with van der Waals surface area (Å²) in [5.74, 6) is -0.536. The van der Waals surface area contributed by atoms with Crippen LogP contribution in [0.25, 0.3) is 0 Å². The molecule has 0 aliphatic heterocycles. The third kappa shape index (κ3) is 3.05. The van der Waals surface area contributed by atoms with Crippen LogP contribution in [0.15, 0.2) is 42.5 Å². The maximum Gasteiger partial charge on any atom is 0.269 e. The van der Waals surface area contributed by atoms with Gasteiger partial charge in [0.15, 0.2) is 5.82 Å². The Kier molecular flexibility index (Phi) is 4.20. The maximum atomic E-state index is 13.8. The summed E-state index contributed by atoms with van der Waals surface area (Å²) in [4.78, 5) is 10.3. The molecule has 1 unspecified atom stereocenters. The minimum Gasteiger partial charge on any atom is -0.376 e. The smallest absolute Gasteiger partial charge is 0.269 e. The molecule has 104 valence electrons. The molecule has 1 atom stereocenters. The van der Waals surface area contributed by atoms with E-state index in [1.165, 1.54) is 18.2 Å². The van der Waals surface area contributed by atoms with Gasteiger partial charge >= 0.3 is 0 Å². The molecule has 0 bridgehead atoms. The summed E-state index contributed by atoms with van der Waals surface area (Å²) in [7, 11) is 0. The number of nitrogens with one attached hydrogen (secondary N) is 1. The second-order valence-corrected chi connectivity index (χ2v) is 4.73. The van der Waals surface area contributed by atoms with E-state index in [2.05, 4.69) is 5.32 Å². The molecule has 2 rings (SSSR count). The van der Waals surface area contributed by atoms with Gasteiger partial charge < -0.3 is 5.32 Å². The van der Waals surface area contributed by atoms with Crippen LogP contribution in [-0.2, 0) is 0 Å². The van der Waals surface area contributed by atoms with Crippen LogP contribution in [0.1, 0.15) is 18.5 Å². The molecule has 2 aromatic rings. The number of nitro benzene ring substituents is 1. The average molecular weight is 295 g/mol. The Hall–Kier alpha value is -2.14. The fourth-order valence-electron chi connectivity index (χ4n) is 1.84. The molecule has 1 N–H and O–H groups in total. The lowest BCUT2D eigenvalue weighted by molar-refractivity contribution is -0.384. The van der Waals surface area contributed by atoms with Gasteiger partial charge in [-0.1, -0.05) is 29.8 Å². The van der Waals surface area contributed by atoms with Crippen molar-refractivity contribution in [1.29, 1.82) is 0 Å². The van der Waals surface area contributed by atoms with Gasteiger partial charge in [-0.15, -0.1) is 0 Å². The molecule has 0 fully saturated rings. The van der Waals surface area contributed by atoms with E-state index >= 15 is 0 Å². The molecule has 0 heterocycles. The molecule has 6 heteroatoms. The molecular formula is C14H12ClFN2O2. The Labute approximate surface area is 120 Å². The van der Waals surface area contributed by atoms with Crippen molar-refractivity contribution < 1.29 is 9.31 Å². The summed E-state index contributed by atoms with van der Waals surface area (Å²) in [5.41, 5.74) is 0.956. The minimum atomic E-state index is -0.536. The standard InChI is InChI=1S/C14H12ClFN2O2/c1-9(10-4-2-5-11(8-10)18(19)20)17-13-7-3-6-12(15)14(13)16/h2-9,17H,1H3. The summed E-state index contributed by atoms with van der Waals surface area (Å²) in [6, 6.07) is 10.6. The molecule has 0 saturated heterocycles.